The molecule has 82 valence electrons. The zero-order valence-corrected chi connectivity index (χ0v) is 7.75. The molecule has 0 fully saturated rings. The molecule has 0 bridgehead atoms. The second-order valence-corrected chi connectivity index (χ2v) is 3.10. The third-order valence-corrected chi connectivity index (χ3v) is 1.90. The quantitative estimate of drug-likeness (QED) is 0.525. The molecular weight excluding hydrogens is 202 g/mol. The average molecular weight is 213 g/mol. The number of carboxylic acids is 1. The smallest absolute Gasteiger partial charge is 0.306 e. The summed E-state index contributed by atoms with van der Waals surface area (Å²) < 4.78 is 0. The van der Waals surface area contributed by atoms with Gasteiger partial charge in [-0.05, 0) is 11.6 Å². The van der Waals surface area contributed by atoms with Crippen LogP contribution in [0, 0.1) is 0 Å². The van der Waals surface area contributed by atoms with Gasteiger partial charge in [-0.25, -0.2) is 0 Å². The second kappa shape index (κ2) is 4.72. The molecule has 1 aromatic rings. The molecule has 15 heavy (non-hydrogen) atoms. The predicted molar refractivity (Wildman–Crippen MR) is 50.3 cm³/mol. The molecule has 0 aromatic carbocycles. The number of rotatable bonds is 4. The van der Waals surface area contributed by atoms with Crippen LogP contribution < -0.4 is 5.56 Å². The highest BCUT2D eigenvalue weighted by Crippen LogP contribution is 2.16. The highest BCUT2D eigenvalue weighted by atomic mass is 16.4. The van der Waals surface area contributed by atoms with Gasteiger partial charge in [0.15, 0.2) is 0 Å². The first-order chi connectivity index (χ1) is 7.00. The first kappa shape index (κ1) is 11.4. The van der Waals surface area contributed by atoms with E-state index in [-0.39, 0.29) is 11.1 Å². The number of aromatic amines is 1. The summed E-state index contributed by atoms with van der Waals surface area (Å²) in [7, 11) is 0. The zero-order chi connectivity index (χ0) is 11.4. The fraction of sp³-hybridized carbons (Fsp3) is 0.333. The van der Waals surface area contributed by atoms with E-state index in [4.69, 9.17) is 5.11 Å². The first-order valence-corrected chi connectivity index (χ1v) is 4.27. The van der Waals surface area contributed by atoms with Gasteiger partial charge < -0.3 is 20.3 Å². The number of aromatic nitrogens is 1. The minimum Gasteiger partial charge on any atom is -0.481 e. The van der Waals surface area contributed by atoms with Gasteiger partial charge in [-0.2, -0.15) is 0 Å². The maximum atomic E-state index is 10.7. The molecule has 6 nitrogen and oxygen atoms in total. The van der Waals surface area contributed by atoms with Gasteiger partial charge in [-0.15, -0.1) is 0 Å². The summed E-state index contributed by atoms with van der Waals surface area (Å²) in [4.78, 5) is 23.3. The highest BCUT2D eigenvalue weighted by Gasteiger charge is 2.20. The summed E-state index contributed by atoms with van der Waals surface area (Å²) in [5.74, 6) is -1.20. The molecule has 0 amide bonds. The molecule has 0 aliphatic carbocycles. The van der Waals surface area contributed by atoms with Crippen molar-refractivity contribution in [1.82, 2.24) is 4.98 Å². The minimum atomic E-state index is -1.39. The van der Waals surface area contributed by atoms with Gasteiger partial charge >= 0.3 is 5.97 Å². The van der Waals surface area contributed by atoms with Crippen molar-refractivity contribution < 1.29 is 20.1 Å². The molecule has 6 heteroatoms. The number of carboxylic acid groups (broad SMARTS) is 1. The maximum Gasteiger partial charge on any atom is 0.306 e. The van der Waals surface area contributed by atoms with Crippen molar-refractivity contribution in [2.75, 3.05) is 0 Å². The van der Waals surface area contributed by atoms with E-state index in [0.717, 1.165) is 0 Å². The molecule has 0 aliphatic rings. The number of aliphatic hydroxyl groups is 2. The molecule has 2 unspecified atom stereocenters. The van der Waals surface area contributed by atoms with Crippen LogP contribution in [0.3, 0.4) is 0 Å². The van der Waals surface area contributed by atoms with Crippen molar-refractivity contribution in [1.29, 1.82) is 0 Å². The van der Waals surface area contributed by atoms with Crippen LogP contribution in [0.15, 0.2) is 23.1 Å². The van der Waals surface area contributed by atoms with E-state index in [1.165, 1.54) is 18.3 Å². The Morgan fingerprint density at radius 1 is 1.40 bits per heavy atom. The monoisotopic (exact) mass is 213 g/mol. The Labute approximate surface area is 84.8 Å². The van der Waals surface area contributed by atoms with Crippen LogP contribution in [0.2, 0.25) is 0 Å². The summed E-state index contributed by atoms with van der Waals surface area (Å²) in [5, 5.41) is 27.2. The third-order valence-electron chi connectivity index (χ3n) is 1.90. The largest absolute Gasteiger partial charge is 0.481 e. The summed E-state index contributed by atoms with van der Waals surface area (Å²) in [6, 6.07) is 2.51. The van der Waals surface area contributed by atoms with Crippen LogP contribution in [0.5, 0.6) is 0 Å². The Hall–Kier alpha value is -1.66. The third kappa shape index (κ3) is 3.19. The molecule has 2 atom stereocenters. The van der Waals surface area contributed by atoms with Crippen LogP contribution >= 0.6 is 0 Å². The lowest BCUT2D eigenvalue weighted by atomic mass is 10.0. The van der Waals surface area contributed by atoms with Crippen LogP contribution in [-0.4, -0.2) is 32.4 Å². The van der Waals surface area contributed by atoms with E-state index >= 15 is 0 Å². The van der Waals surface area contributed by atoms with E-state index in [0.29, 0.717) is 0 Å². The van der Waals surface area contributed by atoms with Crippen molar-refractivity contribution in [3.05, 3.63) is 34.2 Å². The molecule has 1 rings (SSSR count). The summed E-state index contributed by atoms with van der Waals surface area (Å²) >= 11 is 0. The molecule has 0 aliphatic heterocycles. The molecule has 1 heterocycles. The van der Waals surface area contributed by atoms with Crippen molar-refractivity contribution in [3.63, 3.8) is 0 Å². The number of aliphatic hydroxyl groups excluding tert-OH is 2. The molecule has 0 saturated carbocycles. The van der Waals surface area contributed by atoms with E-state index in [9.17, 15) is 19.8 Å². The van der Waals surface area contributed by atoms with Gasteiger partial charge in [0.05, 0.1) is 12.5 Å². The van der Waals surface area contributed by atoms with Crippen LogP contribution in [-0.2, 0) is 4.79 Å². The Bertz CT molecular complexity index is 379. The fourth-order valence-corrected chi connectivity index (χ4v) is 1.12. The lowest BCUT2D eigenvalue weighted by Crippen LogP contribution is -2.22. The van der Waals surface area contributed by atoms with Crippen molar-refractivity contribution >= 4 is 5.97 Å². The molecule has 0 saturated heterocycles. The second-order valence-electron chi connectivity index (χ2n) is 3.10. The van der Waals surface area contributed by atoms with Crippen molar-refractivity contribution in [3.8, 4) is 0 Å². The summed E-state index contributed by atoms with van der Waals surface area (Å²) in [6.45, 7) is 0. The standard InChI is InChI=1S/C9H11NO5/c11-6(3-8(13)14)9(15)5-1-2-7(12)10-4-5/h1-2,4,6,9,11,15H,3H2,(H,10,12)(H,13,14). The Kier molecular flexibility index (Phi) is 3.59. The molecule has 0 spiro atoms. The van der Waals surface area contributed by atoms with Gasteiger partial charge in [-0.1, -0.05) is 0 Å². The van der Waals surface area contributed by atoms with E-state index in [1.807, 2.05) is 0 Å². The number of aliphatic carboxylic acids is 1. The normalized spacial score (nSPS) is 14.5. The van der Waals surface area contributed by atoms with E-state index in [2.05, 4.69) is 4.98 Å². The number of carbonyl (C=O) groups is 1. The van der Waals surface area contributed by atoms with Gasteiger partial charge in [-0.3, -0.25) is 9.59 Å². The van der Waals surface area contributed by atoms with Crippen molar-refractivity contribution in [2.24, 2.45) is 0 Å². The van der Waals surface area contributed by atoms with Crippen molar-refractivity contribution in [2.45, 2.75) is 18.6 Å². The zero-order valence-electron chi connectivity index (χ0n) is 7.75. The summed E-state index contributed by atoms with van der Waals surface area (Å²) in [5.41, 5.74) is -0.0676. The van der Waals surface area contributed by atoms with E-state index in [1.54, 1.807) is 0 Å². The number of hydrogen-bond donors (Lipinski definition) is 4. The number of hydrogen-bond acceptors (Lipinski definition) is 4. The lowest BCUT2D eigenvalue weighted by Gasteiger charge is -2.15. The number of pyridine rings is 1. The average Bonchev–Trinajstić information content (AvgIpc) is 2.17. The topological polar surface area (TPSA) is 111 Å². The van der Waals surface area contributed by atoms with Gasteiger partial charge in [0.1, 0.15) is 6.10 Å². The van der Waals surface area contributed by atoms with Crippen LogP contribution in [0.25, 0.3) is 0 Å². The molecule has 1 aromatic heterocycles. The van der Waals surface area contributed by atoms with Gasteiger partial charge in [0.2, 0.25) is 5.56 Å². The molecular formula is C9H11NO5. The highest BCUT2D eigenvalue weighted by molar-refractivity contribution is 5.67. The lowest BCUT2D eigenvalue weighted by molar-refractivity contribution is -0.141. The van der Waals surface area contributed by atoms with Crippen LogP contribution in [0.4, 0.5) is 0 Å². The van der Waals surface area contributed by atoms with Gasteiger partial charge in [0.25, 0.3) is 0 Å². The summed E-state index contributed by atoms with van der Waals surface area (Å²) in [6.07, 6.45) is -2.04. The SMILES string of the molecule is O=C(O)CC(O)C(O)c1ccc(=O)[nH]c1. The molecule has 0 radical (unpaired) electrons. The number of H-pyrrole nitrogens is 1. The minimum absolute atomic E-state index is 0.267. The van der Waals surface area contributed by atoms with Gasteiger partial charge in [0, 0.05) is 12.3 Å². The predicted octanol–water partition coefficient (Wildman–Crippen LogP) is -0.756. The Balaban J connectivity index is 2.75. The fourth-order valence-electron chi connectivity index (χ4n) is 1.12. The Morgan fingerprint density at radius 2 is 2.07 bits per heavy atom. The first-order valence-electron chi connectivity index (χ1n) is 4.27. The van der Waals surface area contributed by atoms with Crippen LogP contribution in [0.1, 0.15) is 18.1 Å². The molecule has 4 N–H and O–H groups in total. The Morgan fingerprint density at radius 3 is 2.53 bits per heavy atom. The maximum absolute atomic E-state index is 10.7. The number of nitrogens with one attached hydrogen (secondary N) is 1. The van der Waals surface area contributed by atoms with E-state index < -0.39 is 24.6 Å².